The van der Waals surface area contributed by atoms with Gasteiger partial charge in [-0.05, 0) is 27.7 Å². The van der Waals surface area contributed by atoms with E-state index in [9.17, 15) is 24.0 Å². The SMILES string of the molecule is CCOC(=O)[C@@H]1C(=O)N2[C@@H](c3ccccc3)OC[C@@H]2[C@H]1C(C(=O)OCC)(C(=O)OCC)C(=O)OCC. The summed E-state index contributed by atoms with van der Waals surface area (Å²) in [7, 11) is 0. The lowest BCUT2D eigenvalue weighted by Gasteiger charge is -2.35. The Bertz CT molecular complexity index is 948. The number of carbonyl (C=O) groups is 5. The molecule has 0 N–H and O–H groups in total. The number of fused-ring (bicyclic) bond motifs is 1. The van der Waals surface area contributed by atoms with Gasteiger partial charge in [-0.2, -0.15) is 0 Å². The first-order valence-corrected chi connectivity index (χ1v) is 12.0. The predicted octanol–water partition coefficient (Wildman–Crippen LogP) is 1.40. The molecule has 1 amide bonds. The number of esters is 4. The molecule has 4 atom stereocenters. The lowest BCUT2D eigenvalue weighted by molar-refractivity contribution is -0.191. The number of rotatable bonds is 10. The van der Waals surface area contributed by atoms with E-state index < -0.39 is 59.3 Å². The fourth-order valence-corrected chi connectivity index (χ4v) is 4.90. The Labute approximate surface area is 208 Å². The number of hydrogen-bond acceptors (Lipinski definition) is 10. The molecule has 2 fully saturated rings. The van der Waals surface area contributed by atoms with Gasteiger partial charge in [-0.15, -0.1) is 0 Å². The molecule has 2 aliphatic rings. The summed E-state index contributed by atoms with van der Waals surface area (Å²) in [6, 6.07) is 7.75. The zero-order valence-corrected chi connectivity index (χ0v) is 20.8. The van der Waals surface area contributed by atoms with Gasteiger partial charge in [-0.1, -0.05) is 30.3 Å². The maximum atomic E-state index is 13.8. The minimum atomic E-state index is -2.76. The van der Waals surface area contributed by atoms with Crippen LogP contribution >= 0.6 is 0 Å². The second-order valence-electron chi connectivity index (χ2n) is 8.13. The number of hydrogen-bond donors (Lipinski definition) is 0. The number of amides is 1. The second kappa shape index (κ2) is 11.5. The first-order chi connectivity index (χ1) is 17.3. The van der Waals surface area contributed by atoms with Crippen LogP contribution in [0.25, 0.3) is 0 Å². The Morgan fingerprint density at radius 2 is 1.36 bits per heavy atom. The van der Waals surface area contributed by atoms with Gasteiger partial charge in [0, 0.05) is 11.5 Å². The Morgan fingerprint density at radius 1 is 0.861 bits per heavy atom. The topological polar surface area (TPSA) is 135 Å². The van der Waals surface area contributed by atoms with E-state index in [1.165, 1.54) is 25.7 Å². The number of nitrogens with zero attached hydrogens (tertiary/aromatic N) is 1. The molecule has 2 heterocycles. The van der Waals surface area contributed by atoms with Crippen LogP contribution in [0, 0.1) is 17.3 Å². The third-order valence-electron chi connectivity index (χ3n) is 6.25. The molecule has 0 saturated carbocycles. The highest BCUT2D eigenvalue weighted by molar-refractivity contribution is 6.20. The van der Waals surface area contributed by atoms with Crippen LogP contribution in [0.3, 0.4) is 0 Å². The van der Waals surface area contributed by atoms with Crippen LogP contribution in [0.2, 0.25) is 0 Å². The van der Waals surface area contributed by atoms with Crippen LogP contribution in [-0.4, -0.2) is 73.8 Å². The van der Waals surface area contributed by atoms with Crippen molar-refractivity contribution < 1.29 is 47.7 Å². The van der Waals surface area contributed by atoms with E-state index in [4.69, 9.17) is 23.7 Å². The first-order valence-electron chi connectivity index (χ1n) is 12.0. The van der Waals surface area contributed by atoms with E-state index in [1.807, 2.05) is 0 Å². The summed E-state index contributed by atoms with van der Waals surface area (Å²) >= 11 is 0. The van der Waals surface area contributed by atoms with Gasteiger partial charge in [0.1, 0.15) is 5.92 Å². The normalized spacial score (nSPS) is 23.1. The van der Waals surface area contributed by atoms with Gasteiger partial charge in [0.2, 0.25) is 5.91 Å². The summed E-state index contributed by atoms with van der Waals surface area (Å²) in [6.45, 7) is 5.29. The molecular formula is C25H31NO10. The smallest absolute Gasteiger partial charge is 0.335 e. The molecule has 0 radical (unpaired) electrons. The van der Waals surface area contributed by atoms with E-state index >= 15 is 0 Å². The van der Waals surface area contributed by atoms with Crippen molar-refractivity contribution in [1.82, 2.24) is 4.90 Å². The zero-order valence-electron chi connectivity index (χ0n) is 20.8. The van der Waals surface area contributed by atoms with Crippen LogP contribution in [-0.2, 0) is 47.7 Å². The summed E-state index contributed by atoms with van der Waals surface area (Å²) in [5, 5.41) is 0. The summed E-state index contributed by atoms with van der Waals surface area (Å²) < 4.78 is 26.6. The van der Waals surface area contributed by atoms with Crippen molar-refractivity contribution in [3.63, 3.8) is 0 Å². The van der Waals surface area contributed by atoms with Gasteiger partial charge in [-0.25, -0.2) is 0 Å². The number of benzene rings is 1. The number of carbonyl (C=O) groups excluding carboxylic acids is 5. The first kappa shape index (κ1) is 27.1. The molecule has 11 nitrogen and oxygen atoms in total. The van der Waals surface area contributed by atoms with Crippen LogP contribution in [0.5, 0.6) is 0 Å². The van der Waals surface area contributed by atoms with Crippen molar-refractivity contribution in [1.29, 1.82) is 0 Å². The average molecular weight is 506 g/mol. The number of ether oxygens (including phenoxy) is 5. The molecule has 0 aliphatic carbocycles. The Hall–Kier alpha value is -3.47. The monoisotopic (exact) mass is 505 g/mol. The molecule has 2 aliphatic heterocycles. The van der Waals surface area contributed by atoms with Crippen LogP contribution < -0.4 is 0 Å². The molecule has 0 unspecified atom stereocenters. The van der Waals surface area contributed by atoms with E-state index in [0.717, 1.165) is 0 Å². The molecule has 0 spiro atoms. The highest BCUT2D eigenvalue weighted by atomic mass is 16.6. The minimum absolute atomic E-state index is 0.0656. The third-order valence-corrected chi connectivity index (χ3v) is 6.25. The van der Waals surface area contributed by atoms with Crippen molar-refractivity contribution in [2.24, 2.45) is 17.3 Å². The van der Waals surface area contributed by atoms with Crippen molar-refractivity contribution in [2.45, 2.75) is 40.0 Å². The third kappa shape index (κ3) is 4.43. The summed E-state index contributed by atoms with van der Waals surface area (Å²) in [6.07, 6.45) is -0.907. The molecule has 196 valence electrons. The van der Waals surface area contributed by atoms with Crippen LogP contribution in [0.15, 0.2) is 30.3 Å². The standard InChI is InChI=1S/C25H31NO10/c1-5-32-21(28)17-18(16-14-36-20(26(16)19(17)27)15-12-10-9-11-13-15)25(22(29)33-6-2,23(30)34-7-3)24(31)35-8-4/h9-13,16-18,20H,5-8,14H2,1-4H3/t16-,17+,18-,20-/m1/s1. The molecule has 11 heteroatoms. The van der Waals surface area contributed by atoms with Crippen molar-refractivity contribution in [3.8, 4) is 0 Å². The van der Waals surface area contributed by atoms with Gasteiger partial charge in [0.25, 0.3) is 5.41 Å². The largest absolute Gasteiger partial charge is 0.465 e. The van der Waals surface area contributed by atoms with Crippen molar-refractivity contribution in [3.05, 3.63) is 35.9 Å². The lowest BCUT2D eigenvalue weighted by atomic mass is 9.67. The predicted molar refractivity (Wildman–Crippen MR) is 122 cm³/mol. The van der Waals surface area contributed by atoms with Crippen LogP contribution in [0.1, 0.15) is 39.5 Å². The average Bonchev–Trinajstić information content (AvgIpc) is 3.40. The van der Waals surface area contributed by atoms with E-state index in [0.29, 0.717) is 5.56 Å². The maximum Gasteiger partial charge on any atom is 0.335 e. The van der Waals surface area contributed by atoms with Crippen molar-refractivity contribution in [2.75, 3.05) is 33.0 Å². The quantitative estimate of drug-likeness (QED) is 0.261. The van der Waals surface area contributed by atoms with Gasteiger partial charge < -0.3 is 28.6 Å². The van der Waals surface area contributed by atoms with Crippen LogP contribution in [0.4, 0.5) is 0 Å². The molecular weight excluding hydrogens is 474 g/mol. The van der Waals surface area contributed by atoms with Gasteiger partial charge in [0.05, 0.1) is 39.1 Å². The maximum absolute atomic E-state index is 13.8. The van der Waals surface area contributed by atoms with Gasteiger partial charge in [0.15, 0.2) is 6.23 Å². The van der Waals surface area contributed by atoms with E-state index in [2.05, 4.69) is 0 Å². The highest BCUT2D eigenvalue weighted by Gasteiger charge is 2.74. The lowest BCUT2D eigenvalue weighted by Crippen LogP contribution is -2.59. The van der Waals surface area contributed by atoms with E-state index in [-0.39, 0.29) is 33.0 Å². The van der Waals surface area contributed by atoms with Crippen molar-refractivity contribution >= 4 is 29.8 Å². The summed E-state index contributed by atoms with van der Waals surface area (Å²) in [4.78, 5) is 68.8. The minimum Gasteiger partial charge on any atom is -0.465 e. The molecule has 0 bridgehead atoms. The summed E-state index contributed by atoms with van der Waals surface area (Å²) in [5.41, 5.74) is -2.14. The Balaban J connectivity index is 2.25. The highest BCUT2D eigenvalue weighted by Crippen LogP contribution is 2.52. The second-order valence-corrected chi connectivity index (χ2v) is 8.13. The Kier molecular flexibility index (Phi) is 8.67. The molecule has 2 saturated heterocycles. The summed E-state index contributed by atoms with van der Waals surface area (Å²) in [5.74, 6) is -8.75. The zero-order chi connectivity index (χ0) is 26.5. The van der Waals surface area contributed by atoms with Gasteiger partial charge >= 0.3 is 23.9 Å². The Morgan fingerprint density at radius 3 is 1.83 bits per heavy atom. The molecule has 0 aromatic heterocycles. The molecule has 36 heavy (non-hydrogen) atoms. The molecule has 3 rings (SSSR count). The molecule has 1 aromatic carbocycles. The molecule has 1 aromatic rings. The van der Waals surface area contributed by atoms with Gasteiger partial charge in [-0.3, -0.25) is 24.0 Å². The fraction of sp³-hybridized carbons (Fsp3) is 0.560. The fourth-order valence-electron chi connectivity index (χ4n) is 4.90. The van der Waals surface area contributed by atoms with E-state index in [1.54, 1.807) is 37.3 Å².